The summed E-state index contributed by atoms with van der Waals surface area (Å²) in [4.78, 5) is 8.75. The summed E-state index contributed by atoms with van der Waals surface area (Å²) in [5, 5.41) is 3.19. The van der Waals surface area contributed by atoms with Crippen molar-refractivity contribution in [3.8, 4) is 11.6 Å². The Bertz CT molecular complexity index is 741. The summed E-state index contributed by atoms with van der Waals surface area (Å²) in [6.45, 7) is 2.83. The van der Waals surface area contributed by atoms with Crippen molar-refractivity contribution < 1.29 is 4.74 Å². The van der Waals surface area contributed by atoms with Crippen molar-refractivity contribution in [3.05, 3.63) is 46.4 Å². The second-order valence-electron chi connectivity index (χ2n) is 4.18. The molecule has 0 aliphatic rings. The first kappa shape index (κ1) is 13.2. The van der Waals surface area contributed by atoms with Gasteiger partial charge in [-0.15, -0.1) is 0 Å². The maximum absolute atomic E-state index is 5.88. The zero-order valence-corrected chi connectivity index (χ0v) is 13.0. The molecule has 0 saturated heterocycles. The molecule has 1 N–H and O–H groups in total. The van der Waals surface area contributed by atoms with E-state index in [4.69, 9.17) is 4.74 Å². The van der Waals surface area contributed by atoms with Crippen LogP contribution >= 0.6 is 22.6 Å². The van der Waals surface area contributed by atoms with Crippen LogP contribution in [0.3, 0.4) is 0 Å². The summed E-state index contributed by atoms with van der Waals surface area (Å²) in [5.41, 5.74) is 0.700. The van der Waals surface area contributed by atoms with Gasteiger partial charge in [0.2, 0.25) is 5.65 Å². The first-order chi connectivity index (χ1) is 9.76. The molecule has 1 aromatic carbocycles. The van der Waals surface area contributed by atoms with E-state index in [0.29, 0.717) is 11.5 Å². The molecule has 3 rings (SSSR count). The normalized spacial score (nSPS) is 10.7. The van der Waals surface area contributed by atoms with Gasteiger partial charge in [-0.2, -0.15) is 4.98 Å². The van der Waals surface area contributed by atoms with Crippen LogP contribution in [0.4, 0.5) is 5.82 Å². The maximum Gasteiger partial charge on any atom is 0.265 e. The highest BCUT2D eigenvalue weighted by Crippen LogP contribution is 2.25. The van der Waals surface area contributed by atoms with Crippen molar-refractivity contribution >= 4 is 34.1 Å². The van der Waals surface area contributed by atoms with Crippen molar-refractivity contribution in [3.63, 3.8) is 0 Å². The van der Waals surface area contributed by atoms with Crippen LogP contribution in [0.1, 0.15) is 6.92 Å². The summed E-state index contributed by atoms with van der Waals surface area (Å²) in [5.74, 6) is 2.01. The van der Waals surface area contributed by atoms with E-state index in [2.05, 4.69) is 37.9 Å². The minimum Gasteiger partial charge on any atom is -0.436 e. The monoisotopic (exact) mass is 380 g/mol. The summed E-state index contributed by atoms with van der Waals surface area (Å²) in [6, 6.07) is 7.83. The van der Waals surface area contributed by atoms with Gasteiger partial charge < -0.3 is 10.1 Å². The standard InChI is InChI=1S/C14H13IN4O/c1-2-16-12-9-19-7-6-17-13(19)14(18-12)20-11-5-3-4-10(15)8-11/h3-9,16H,2H2,1H3. The smallest absolute Gasteiger partial charge is 0.265 e. The van der Waals surface area contributed by atoms with E-state index < -0.39 is 0 Å². The minimum absolute atomic E-state index is 0.496. The van der Waals surface area contributed by atoms with E-state index in [9.17, 15) is 0 Å². The molecular weight excluding hydrogens is 367 g/mol. The first-order valence-corrected chi connectivity index (χ1v) is 7.35. The van der Waals surface area contributed by atoms with Gasteiger partial charge in [-0.3, -0.25) is 4.40 Å². The molecular formula is C14H13IN4O. The number of ether oxygens (including phenoxy) is 1. The molecule has 2 aromatic heterocycles. The fourth-order valence-electron chi connectivity index (χ4n) is 1.88. The summed E-state index contributed by atoms with van der Waals surface area (Å²) in [7, 11) is 0. The molecule has 0 spiro atoms. The Balaban J connectivity index is 2.02. The summed E-state index contributed by atoms with van der Waals surface area (Å²) < 4.78 is 8.89. The summed E-state index contributed by atoms with van der Waals surface area (Å²) >= 11 is 2.25. The molecule has 0 fully saturated rings. The van der Waals surface area contributed by atoms with Gasteiger partial charge in [-0.1, -0.05) is 6.07 Å². The van der Waals surface area contributed by atoms with Gasteiger partial charge in [0.1, 0.15) is 11.6 Å². The van der Waals surface area contributed by atoms with Crippen LogP contribution in [0.15, 0.2) is 42.9 Å². The molecule has 6 heteroatoms. The fraction of sp³-hybridized carbons (Fsp3) is 0.143. The molecule has 102 valence electrons. The van der Waals surface area contributed by atoms with Crippen LogP contribution in [0.2, 0.25) is 0 Å². The number of halogens is 1. The van der Waals surface area contributed by atoms with Crippen LogP contribution in [-0.2, 0) is 0 Å². The second-order valence-corrected chi connectivity index (χ2v) is 5.42. The van der Waals surface area contributed by atoms with E-state index in [1.807, 2.05) is 48.0 Å². The lowest BCUT2D eigenvalue weighted by atomic mass is 10.3. The predicted molar refractivity (Wildman–Crippen MR) is 86.4 cm³/mol. The lowest BCUT2D eigenvalue weighted by Gasteiger charge is -2.09. The van der Waals surface area contributed by atoms with Crippen LogP contribution in [0.5, 0.6) is 11.6 Å². The molecule has 2 heterocycles. The Morgan fingerprint density at radius 3 is 3.10 bits per heavy atom. The van der Waals surface area contributed by atoms with Crippen LogP contribution in [0, 0.1) is 3.57 Å². The molecule has 0 bridgehead atoms. The SMILES string of the molecule is CCNc1cn2ccnc2c(Oc2cccc(I)c2)n1. The van der Waals surface area contributed by atoms with Gasteiger partial charge in [0.15, 0.2) is 0 Å². The molecule has 0 unspecified atom stereocenters. The van der Waals surface area contributed by atoms with Crippen molar-refractivity contribution in [2.45, 2.75) is 6.92 Å². The molecule has 20 heavy (non-hydrogen) atoms. The zero-order chi connectivity index (χ0) is 13.9. The Kier molecular flexibility index (Phi) is 3.72. The van der Waals surface area contributed by atoms with E-state index in [1.54, 1.807) is 6.20 Å². The molecule has 3 aromatic rings. The number of nitrogens with one attached hydrogen (secondary N) is 1. The average Bonchev–Trinajstić information content (AvgIpc) is 2.87. The number of imidazole rings is 1. The summed E-state index contributed by atoms with van der Waals surface area (Å²) in [6.07, 6.45) is 5.50. The second kappa shape index (κ2) is 5.66. The number of nitrogens with zero attached hydrogens (tertiary/aromatic N) is 3. The van der Waals surface area contributed by atoms with Crippen molar-refractivity contribution in [2.75, 3.05) is 11.9 Å². The van der Waals surface area contributed by atoms with E-state index in [1.165, 1.54) is 0 Å². The number of benzene rings is 1. The Labute approximate surface area is 130 Å². The number of hydrogen-bond donors (Lipinski definition) is 1. The Morgan fingerprint density at radius 2 is 2.30 bits per heavy atom. The van der Waals surface area contributed by atoms with Gasteiger partial charge in [0.05, 0.1) is 6.20 Å². The minimum atomic E-state index is 0.496. The predicted octanol–water partition coefficient (Wildman–Crippen LogP) is 3.56. The molecule has 0 aliphatic carbocycles. The van der Waals surface area contributed by atoms with Gasteiger partial charge >= 0.3 is 0 Å². The van der Waals surface area contributed by atoms with Crippen molar-refractivity contribution in [2.24, 2.45) is 0 Å². The molecule has 0 atom stereocenters. The van der Waals surface area contributed by atoms with E-state index in [0.717, 1.165) is 21.7 Å². The third-order valence-electron chi connectivity index (χ3n) is 2.71. The number of aromatic nitrogens is 3. The highest BCUT2D eigenvalue weighted by atomic mass is 127. The first-order valence-electron chi connectivity index (χ1n) is 6.27. The zero-order valence-electron chi connectivity index (χ0n) is 10.9. The third kappa shape index (κ3) is 2.69. The third-order valence-corrected chi connectivity index (χ3v) is 3.38. The number of anilines is 1. The Hall–Kier alpha value is -1.83. The molecule has 5 nitrogen and oxygen atoms in total. The lowest BCUT2D eigenvalue weighted by Crippen LogP contribution is -2.03. The van der Waals surface area contributed by atoms with E-state index in [-0.39, 0.29) is 0 Å². The number of fused-ring (bicyclic) bond motifs is 1. The lowest BCUT2D eigenvalue weighted by molar-refractivity contribution is 0.465. The maximum atomic E-state index is 5.88. The molecule has 0 saturated carbocycles. The highest BCUT2D eigenvalue weighted by Gasteiger charge is 2.09. The number of rotatable bonds is 4. The molecule has 0 radical (unpaired) electrons. The van der Waals surface area contributed by atoms with Gasteiger partial charge in [0.25, 0.3) is 5.88 Å². The largest absolute Gasteiger partial charge is 0.436 e. The fourth-order valence-corrected chi connectivity index (χ4v) is 2.39. The quantitative estimate of drug-likeness (QED) is 0.704. The highest BCUT2D eigenvalue weighted by molar-refractivity contribution is 14.1. The Morgan fingerprint density at radius 1 is 1.40 bits per heavy atom. The van der Waals surface area contributed by atoms with Crippen molar-refractivity contribution in [1.82, 2.24) is 14.4 Å². The molecule has 0 aliphatic heterocycles. The van der Waals surface area contributed by atoms with Crippen LogP contribution in [-0.4, -0.2) is 20.9 Å². The average molecular weight is 380 g/mol. The van der Waals surface area contributed by atoms with E-state index >= 15 is 0 Å². The van der Waals surface area contributed by atoms with Gasteiger partial charge in [0, 0.05) is 22.5 Å². The van der Waals surface area contributed by atoms with Crippen molar-refractivity contribution in [1.29, 1.82) is 0 Å². The topological polar surface area (TPSA) is 51.5 Å². The van der Waals surface area contributed by atoms with Crippen LogP contribution < -0.4 is 10.1 Å². The van der Waals surface area contributed by atoms with Crippen LogP contribution in [0.25, 0.3) is 5.65 Å². The molecule has 0 amide bonds. The van der Waals surface area contributed by atoms with Gasteiger partial charge in [-0.05, 0) is 47.7 Å². The van der Waals surface area contributed by atoms with Gasteiger partial charge in [-0.25, -0.2) is 4.98 Å². The number of hydrogen-bond acceptors (Lipinski definition) is 4.